The Bertz CT molecular complexity index is 1070. The van der Waals surface area contributed by atoms with E-state index in [1.807, 2.05) is 0 Å². The molecular formula is C17H13Cl2N3O4S. The van der Waals surface area contributed by atoms with Crippen molar-refractivity contribution in [3.05, 3.63) is 58.6 Å². The number of nitrogens with zero attached hydrogens (tertiary/aromatic N) is 2. The van der Waals surface area contributed by atoms with E-state index < -0.39 is 15.7 Å². The van der Waals surface area contributed by atoms with Crippen molar-refractivity contribution in [2.45, 2.75) is 11.3 Å². The Hall–Kier alpha value is -2.42. The van der Waals surface area contributed by atoms with E-state index in [1.54, 1.807) is 30.3 Å². The summed E-state index contributed by atoms with van der Waals surface area (Å²) in [6, 6.07) is 12.5. The molecule has 1 aromatic heterocycles. The van der Waals surface area contributed by atoms with Gasteiger partial charge in [-0.1, -0.05) is 46.5 Å². The quantitative estimate of drug-likeness (QED) is 0.643. The van der Waals surface area contributed by atoms with E-state index >= 15 is 0 Å². The van der Waals surface area contributed by atoms with Crippen molar-refractivity contribution in [2.75, 3.05) is 11.1 Å². The molecule has 0 fully saturated rings. The summed E-state index contributed by atoms with van der Waals surface area (Å²) in [5, 5.41) is 10.7. The van der Waals surface area contributed by atoms with Crippen LogP contribution >= 0.6 is 23.2 Å². The van der Waals surface area contributed by atoms with Gasteiger partial charge in [-0.2, -0.15) is 0 Å². The lowest BCUT2D eigenvalue weighted by atomic mass is 10.2. The molecule has 7 nitrogen and oxygen atoms in total. The van der Waals surface area contributed by atoms with Crippen LogP contribution in [0.25, 0.3) is 11.5 Å². The minimum absolute atomic E-state index is 0.101. The molecule has 27 heavy (non-hydrogen) atoms. The van der Waals surface area contributed by atoms with Crippen LogP contribution in [0, 0.1) is 0 Å². The van der Waals surface area contributed by atoms with Gasteiger partial charge in [-0.15, -0.1) is 5.10 Å². The minimum Gasteiger partial charge on any atom is -0.403 e. The second-order valence-electron chi connectivity index (χ2n) is 5.47. The third kappa shape index (κ3) is 4.85. The number of carbonyl (C=O) groups is 1. The lowest BCUT2D eigenvalue weighted by Gasteiger charge is -2.04. The number of halogens is 2. The topological polar surface area (TPSA) is 102 Å². The predicted molar refractivity (Wildman–Crippen MR) is 101 cm³/mol. The Morgan fingerprint density at radius 3 is 2.52 bits per heavy atom. The second kappa shape index (κ2) is 8.08. The standard InChI is InChI=1S/C17H13Cl2N3O4S/c18-11-6-7-13(14(19)10-11)16-21-22-17(26-16)20-15(23)8-9-27(24,25)12-4-2-1-3-5-12/h1-7,10H,8-9H2,(H,20,22,23). The number of benzene rings is 2. The monoisotopic (exact) mass is 425 g/mol. The molecule has 0 saturated carbocycles. The number of sulfone groups is 1. The Morgan fingerprint density at radius 2 is 1.81 bits per heavy atom. The average Bonchev–Trinajstić information content (AvgIpc) is 3.09. The molecule has 3 rings (SSSR count). The molecule has 0 radical (unpaired) electrons. The molecule has 10 heteroatoms. The molecule has 0 aliphatic carbocycles. The van der Waals surface area contributed by atoms with E-state index in [0.29, 0.717) is 15.6 Å². The molecular weight excluding hydrogens is 413 g/mol. The first-order valence-corrected chi connectivity index (χ1v) is 10.1. The fraction of sp³-hybridized carbons (Fsp3) is 0.118. The van der Waals surface area contributed by atoms with Crippen LogP contribution in [-0.4, -0.2) is 30.3 Å². The summed E-state index contributed by atoms with van der Waals surface area (Å²) < 4.78 is 29.7. The maximum absolute atomic E-state index is 12.2. The maximum Gasteiger partial charge on any atom is 0.322 e. The van der Waals surface area contributed by atoms with Gasteiger partial charge >= 0.3 is 6.01 Å². The third-order valence-electron chi connectivity index (χ3n) is 3.53. The van der Waals surface area contributed by atoms with Crippen LogP contribution in [0.3, 0.4) is 0 Å². The maximum atomic E-state index is 12.2. The highest BCUT2D eigenvalue weighted by molar-refractivity contribution is 7.91. The fourth-order valence-electron chi connectivity index (χ4n) is 2.20. The molecule has 1 amide bonds. The summed E-state index contributed by atoms with van der Waals surface area (Å²) >= 11 is 11.9. The second-order valence-corrected chi connectivity index (χ2v) is 8.42. The molecule has 0 saturated heterocycles. The van der Waals surface area contributed by atoms with Crippen molar-refractivity contribution in [3.8, 4) is 11.5 Å². The van der Waals surface area contributed by atoms with Crippen molar-refractivity contribution in [2.24, 2.45) is 0 Å². The molecule has 2 aromatic carbocycles. The molecule has 0 aliphatic heterocycles. The molecule has 1 heterocycles. The molecule has 1 N–H and O–H groups in total. The zero-order chi connectivity index (χ0) is 19.4. The first kappa shape index (κ1) is 19.3. The zero-order valence-electron chi connectivity index (χ0n) is 13.7. The van der Waals surface area contributed by atoms with Crippen LogP contribution in [0.5, 0.6) is 0 Å². The van der Waals surface area contributed by atoms with Crippen molar-refractivity contribution in [1.29, 1.82) is 0 Å². The van der Waals surface area contributed by atoms with Crippen LogP contribution in [0.4, 0.5) is 6.01 Å². The van der Waals surface area contributed by atoms with E-state index in [4.69, 9.17) is 27.6 Å². The van der Waals surface area contributed by atoms with Gasteiger partial charge in [0.05, 0.1) is 21.2 Å². The number of aromatic nitrogens is 2. The smallest absolute Gasteiger partial charge is 0.322 e. The van der Waals surface area contributed by atoms with Gasteiger partial charge in [-0.25, -0.2) is 8.42 Å². The molecule has 3 aromatic rings. The summed E-state index contributed by atoms with van der Waals surface area (Å²) in [7, 11) is -3.55. The molecule has 0 spiro atoms. The Morgan fingerprint density at radius 1 is 1.07 bits per heavy atom. The molecule has 0 unspecified atom stereocenters. The Balaban J connectivity index is 1.63. The first-order chi connectivity index (χ1) is 12.8. The van der Waals surface area contributed by atoms with Crippen LogP contribution in [0.1, 0.15) is 6.42 Å². The van der Waals surface area contributed by atoms with Crippen molar-refractivity contribution >= 4 is 45.0 Å². The highest BCUT2D eigenvalue weighted by Crippen LogP contribution is 2.30. The highest BCUT2D eigenvalue weighted by Gasteiger charge is 2.18. The molecule has 0 bridgehead atoms. The summed E-state index contributed by atoms with van der Waals surface area (Å²) in [5.41, 5.74) is 0.459. The lowest BCUT2D eigenvalue weighted by molar-refractivity contribution is -0.115. The van der Waals surface area contributed by atoms with Crippen LogP contribution in [0.15, 0.2) is 57.8 Å². The van der Waals surface area contributed by atoms with Crippen molar-refractivity contribution in [3.63, 3.8) is 0 Å². The largest absolute Gasteiger partial charge is 0.403 e. The summed E-state index contributed by atoms with van der Waals surface area (Å²) in [4.78, 5) is 12.2. The van der Waals surface area contributed by atoms with Gasteiger partial charge in [0, 0.05) is 11.4 Å². The lowest BCUT2D eigenvalue weighted by Crippen LogP contribution is -2.17. The number of amides is 1. The SMILES string of the molecule is O=C(CCS(=O)(=O)c1ccccc1)Nc1nnc(-c2ccc(Cl)cc2Cl)o1. The average molecular weight is 426 g/mol. The van der Waals surface area contributed by atoms with E-state index in [-0.39, 0.29) is 29.0 Å². The van der Waals surface area contributed by atoms with Crippen LogP contribution in [0.2, 0.25) is 10.0 Å². The molecule has 0 atom stereocenters. The van der Waals surface area contributed by atoms with Crippen LogP contribution < -0.4 is 5.32 Å². The van der Waals surface area contributed by atoms with Crippen molar-refractivity contribution < 1.29 is 17.6 Å². The van der Waals surface area contributed by atoms with Gasteiger partial charge in [0.25, 0.3) is 5.89 Å². The van der Waals surface area contributed by atoms with Crippen molar-refractivity contribution in [1.82, 2.24) is 10.2 Å². The van der Waals surface area contributed by atoms with E-state index in [9.17, 15) is 13.2 Å². The Kier molecular flexibility index (Phi) is 5.79. The fourth-order valence-corrected chi connectivity index (χ4v) is 3.95. The predicted octanol–water partition coefficient (Wildman–Crippen LogP) is 3.85. The van der Waals surface area contributed by atoms with Crippen LogP contribution in [-0.2, 0) is 14.6 Å². The summed E-state index contributed by atoms with van der Waals surface area (Å²) in [5.74, 6) is -0.803. The number of anilines is 1. The number of hydrogen-bond acceptors (Lipinski definition) is 6. The molecule has 140 valence electrons. The normalized spacial score (nSPS) is 11.3. The third-order valence-corrected chi connectivity index (χ3v) is 5.81. The zero-order valence-corrected chi connectivity index (χ0v) is 16.1. The number of nitrogens with one attached hydrogen (secondary N) is 1. The van der Waals surface area contributed by atoms with Gasteiger partial charge < -0.3 is 4.42 Å². The van der Waals surface area contributed by atoms with Gasteiger partial charge in [0.1, 0.15) is 0 Å². The number of carbonyl (C=O) groups excluding carboxylic acids is 1. The van der Waals surface area contributed by atoms with Gasteiger partial charge in [-0.3, -0.25) is 10.1 Å². The van der Waals surface area contributed by atoms with Gasteiger partial charge in [-0.05, 0) is 30.3 Å². The minimum atomic E-state index is -3.55. The van der Waals surface area contributed by atoms with E-state index in [2.05, 4.69) is 15.5 Å². The summed E-state index contributed by atoms with van der Waals surface area (Å²) in [6.07, 6.45) is -0.253. The van der Waals surface area contributed by atoms with E-state index in [1.165, 1.54) is 18.2 Å². The first-order valence-electron chi connectivity index (χ1n) is 7.72. The van der Waals surface area contributed by atoms with Gasteiger partial charge in [0.2, 0.25) is 5.91 Å². The molecule has 0 aliphatic rings. The number of rotatable bonds is 6. The summed E-state index contributed by atoms with van der Waals surface area (Å²) in [6.45, 7) is 0. The Labute approximate surface area is 165 Å². The number of hydrogen-bond donors (Lipinski definition) is 1. The highest BCUT2D eigenvalue weighted by atomic mass is 35.5. The van der Waals surface area contributed by atoms with Gasteiger partial charge in [0.15, 0.2) is 9.84 Å². The van der Waals surface area contributed by atoms with E-state index in [0.717, 1.165) is 0 Å².